The summed E-state index contributed by atoms with van der Waals surface area (Å²) in [5.74, 6) is -0.231. The van der Waals surface area contributed by atoms with E-state index in [2.05, 4.69) is 21.2 Å². The second-order valence-corrected chi connectivity index (χ2v) is 6.76. The van der Waals surface area contributed by atoms with E-state index in [-0.39, 0.29) is 10.7 Å². The molecule has 6 nitrogen and oxygen atoms in total. The summed E-state index contributed by atoms with van der Waals surface area (Å²) >= 11 is 3.12. The average Bonchev–Trinajstić information content (AvgIpc) is 2.84. The maximum atomic E-state index is 12.0. The van der Waals surface area contributed by atoms with Gasteiger partial charge in [-0.25, -0.2) is 13.6 Å². The van der Waals surface area contributed by atoms with Crippen molar-refractivity contribution in [1.82, 2.24) is 5.32 Å². The number of carbonyl (C=O) groups is 1. The maximum absolute atomic E-state index is 12.0. The van der Waals surface area contributed by atoms with Crippen molar-refractivity contribution in [2.45, 2.75) is 17.9 Å². The second-order valence-electron chi connectivity index (χ2n) is 4.42. The number of hydrogen-bond donors (Lipinski definition) is 2. The van der Waals surface area contributed by atoms with Gasteiger partial charge in [0, 0.05) is 0 Å². The van der Waals surface area contributed by atoms with E-state index < -0.39 is 22.0 Å². The van der Waals surface area contributed by atoms with Crippen LogP contribution in [-0.2, 0) is 10.0 Å². The standard InChI is InChI=1S/C13H13BrN2O4S/c1-8(16-13(17)11-5-6-12(14)20-11)9-3-2-4-10(7-9)21(15,18)19/h2-8H,1H3,(H,16,17)(H2,15,18,19). The Morgan fingerprint density at radius 1 is 1.33 bits per heavy atom. The van der Waals surface area contributed by atoms with Gasteiger partial charge in [0.1, 0.15) is 0 Å². The molecule has 2 rings (SSSR count). The van der Waals surface area contributed by atoms with Crippen molar-refractivity contribution in [2.24, 2.45) is 5.14 Å². The van der Waals surface area contributed by atoms with Crippen molar-refractivity contribution in [2.75, 3.05) is 0 Å². The molecule has 0 bridgehead atoms. The average molecular weight is 373 g/mol. The lowest BCUT2D eigenvalue weighted by Crippen LogP contribution is -2.26. The highest BCUT2D eigenvalue weighted by Gasteiger charge is 2.16. The molecular weight excluding hydrogens is 360 g/mol. The van der Waals surface area contributed by atoms with E-state index in [0.717, 1.165) is 0 Å². The molecule has 0 saturated heterocycles. The molecule has 2 aromatic rings. The van der Waals surface area contributed by atoms with E-state index in [1.807, 2.05) is 0 Å². The first kappa shape index (κ1) is 15.7. The van der Waals surface area contributed by atoms with E-state index in [1.165, 1.54) is 18.2 Å². The molecule has 1 amide bonds. The molecule has 3 N–H and O–H groups in total. The molecule has 1 aromatic carbocycles. The highest BCUT2D eigenvalue weighted by atomic mass is 79.9. The predicted molar refractivity (Wildman–Crippen MR) is 80.1 cm³/mol. The third-order valence-corrected chi connectivity index (χ3v) is 4.17. The van der Waals surface area contributed by atoms with Crippen LogP contribution in [0, 0.1) is 0 Å². The van der Waals surface area contributed by atoms with Gasteiger partial charge >= 0.3 is 0 Å². The van der Waals surface area contributed by atoms with Gasteiger partial charge in [0.05, 0.1) is 10.9 Å². The third kappa shape index (κ3) is 3.93. The van der Waals surface area contributed by atoms with E-state index in [9.17, 15) is 13.2 Å². The van der Waals surface area contributed by atoms with Crippen molar-refractivity contribution in [3.8, 4) is 0 Å². The predicted octanol–water partition coefficient (Wildman–Crippen LogP) is 2.18. The van der Waals surface area contributed by atoms with Crippen LogP contribution in [0.3, 0.4) is 0 Å². The Morgan fingerprint density at radius 2 is 2.05 bits per heavy atom. The molecule has 0 aliphatic heterocycles. The van der Waals surface area contributed by atoms with Gasteiger partial charge in [-0.05, 0) is 52.7 Å². The summed E-state index contributed by atoms with van der Waals surface area (Å²) in [4.78, 5) is 12.0. The number of sulfonamides is 1. The fourth-order valence-electron chi connectivity index (χ4n) is 1.75. The molecule has 1 heterocycles. The number of halogens is 1. The number of hydrogen-bond acceptors (Lipinski definition) is 4. The number of carbonyl (C=O) groups excluding carboxylic acids is 1. The smallest absolute Gasteiger partial charge is 0.287 e. The molecular formula is C13H13BrN2O4S. The number of primary sulfonamides is 1. The number of benzene rings is 1. The quantitative estimate of drug-likeness (QED) is 0.858. The number of nitrogens with one attached hydrogen (secondary N) is 1. The summed E-state index contributed by atoms with van der Waals surface area (Å²) < 4.78 is 28.3. The van der Waals surface area contributed by atoms with Crippen molar-refractivity contribution >= 4 is 31.9 Å². The monoisotopic (exact) mass is 372 g/mol. The number of furan rings is 1. The first-order valence-electron chi connectivity index (χ1n) is 5.96. The summed E-state index contributed by atoms with van der Waals surface area (Å²) in [5, 5.41) is 7.80. The van der Waals surface area contributed by atoms with Gasteiger partial charge in [-0.3, -0.25) is 4.79 Å². The first-order chi connectivity index (χ1) is 9.77. The molecule has 1 unspecified atom stereocenters. The minimum absolute atomic E-state index is 0.00171. The fraction of sp³-hybridized carbons (Fsp3) is 0.154. The Kier molecular flexibility index (Phi) is 4.50. The van der Waals surface area contributed by atoms with Crippen LogP contribution >= 0.6 is 15.9 Å². The van der Waals surface area contributed by atoms with Gasteiger partial charge in [0.15, 0.2) is 10.4 Å². The van der Waals surface area contributed by atoms with Gasteiger partial charge in [0.25, 0.3) is 5.91 Å². The zero-order chi connectivity index (χ0) is 15.6. The molecule has 0 aliphatic carbocycles. The van der Waals surface area contributed by atoms with E-state index in [0.29, 0.717) is 10.2 Å². The summed E-state index contributed by atoms with van der Waals surface area (Å²) in [5.41, 5.74) is 0.625. The molecule has 0 spiro atoms. The van der Waals surface area contributed by atoms with Crippen LogP contribution in [0.5, 0.6) is 0 Å². The van der Waals surface area contributed by atoms with E-state index in [4.69, 9.17) is 9.56 Å². The van der Waals surface area contributed by atoms with Crippen LogP contribution in [0.4, 0.5) is 0 Å². The molecule has 112 valence electrons. The lowest BCUT2D eigenvalue weighted by atomic mass is 10.1. The molecule has 1 atom stereocenters. The zero-order valence-corrected chi connectivity index (χ0v) is 13.4. The third-order valence-electron chi connectivity index (χ3n) is 2.83. The normalized spacial score (nSPS) is 12.9. The van der Waals surface area contributed by atoms with Gasteiger partial charge < -0.3 is 9.73 Å². The Labute approximate surface area is 130 Å². The van der Waals surface area contributed by atoms with Crippen molar-refractivity contribution in [1.29, 1.82) is 0 Å². The van der Waals surface area contributed by atoms with Crippen LogP contribution < -0.4 is 10.5 Å². The molecule has 0 aliphatic rings. The Hall–Kier alpha value is -1.64. The fourth-order valence-corrected chi connectivity index (χ4v) is 2.62. The Balaban J connectivity index is 2.17. The molecule has 1 aromatic heterocycles. The minimum atomic E-state index is -3.77. The summed E-state index contributed by atoms with van der Waals surface area (Å²) in [6, 6.07) is 8.85. The SMILES string of the molecule is CC(NC(=O)c1ccc(Br)o1)c1cccc(S(N)(=O)=O)c1. The molecule has 21 heavy (non-hydrogen) atoms. The number of amides is 1. The van der Waals surface area contributed by atoms with Gasteiger partial charge in [0.2, 0.25) is 10.0 Å². The van der Waals surface area contributed by atoms with Crippen LogP contribution in [0.2, 0.25) is 0 Å². The maximum Gasteiger partial charge on any atom is 0.287 e. The lowest BCUT2D eigenvalue weighted by Gasteiger charge is -2.14. The number of nitrogens with two attached hydrogens (primary N) is 1. The Bertz CT molecular complexity index is 770. The van der Waals surface area contributed by atoms with Crippen LogP contribution in [0.25, 0.3) is 0 Å². The number of rotatable bonds is 4. The van der Waals surface area contributed by atoms with Crippen molar-refractivity contribution in [3.05, 3.63) is 52.4 Å². The highest BCUT2D eigenvalue weighted by Crippen LogP contribution is 2.18. The second kappa shape index (κ2) is 6.00. The molecule has 8 heteroatoms. The van der Waals surface area contributed by atoms with Gasteiger partial charge in [-0.2, -0.15) is 0 Å². The zero-order valence-electron chi connectivity index (χ0n) is 11.0. The molecule has 0 saturated carbocycles. The topological polar surface area (TPSA) is 102 Å². The highest BCUT2D eigenvalue weighted by molar-refractivity contribution is 9.10. The van der Waals surface area contributed by atoms with E-state index in [1.54, 1.807) is 25.1 Å². The molecule has 0 fully saturated rings. The van der Waals surface area contributed by atoms with Gasteiger partial charge in [-0.15, -0.1) is 0 Å². The van der Waals surface area contributed by atoms with Crippen molar-refractivity contribution in [3.63, 3.8) is 0 Å². The van der Waals surface area contributed by atoms with Crippen molar-refractivity contribution < 1.29 is 17.6 Å². The van der Waals surface area contributed by atoms with Crippen LogP contribution in [0.15, 0.2) is 50.4 Å². The van der Waals surface area contributed by atoms with E-state index >= 15 is 0 Å². The first-order valence-corrected chi connectivity index (χ1v) is 8.30. The lowest BCUT2D eigenvalue weighted by molar-refractivity contribution is 0.0910. The van der Waals surface area contributed by atoms with Crippen LogP contribution in [-0.4, -0.2) is 14.3 Å². The minimum Gasteiger partial charge on any atom is -0.444 e. The largest absolute Gasteiger partial charge is 0.444 e. The summed E-state index contributed by atoms with van der Waals surface area (Å²) in [6.45, 7) is 1.73. The van der Waals surface area contributed by atoms with Crippen LogP contribution in [0.1, 0.15) is 29.1 Å². The van der Waals surface area contributed by atoms with Gasteiger partial charge in [-0.1, -0.05) is 12.1 Å². The molecule has 0 radical (unpaired) electrons. The summed E-state index contributed by atoms with van der Waals surface area (Å²) in [7, 11) is -3.77. The Morgan fingerprint density at radius 3 is 2.62 bits per heavy atom. The summed E-state index contributed by atoms with van der Waals surface area (Å²) in [6.07, 6.45) is 0.